The van der Waals surface area contributed by atoms with Crippen LogP contribution in [0.25, 0.3) is 0 Å². The van der Waals surface area contributed by atoms with Gasteiger partial charge in [0.2, 0.25) is 5.91 Å². The van der Waals surface area contributed by atoms with Gasteiger partial charge in [0.25, 0.3) is 5.56 Å². The first-order chi connectivity index (χ1) is 11.6. The van der Waals surface area contributed by atoms with Gasteiger partial charge in [0.15, 0.2) is 0 Å². The minimum atomic E-state index is -0.825. The molecule has 0 bridgehead atoms. The summed E-state index contributed by atoms with van der Waals surface area (Å²) in [6.45, 7) is 2.75. The van der Waals surface area contributed by atoms with Gasteiger partial charge >= 0.3 is 0 Å². The lowest BCUT2D eigenvalue weighted by atomic mass is 10.1. The Labute approximate surface area is 140 Å². The van der Waals surface area contributed by atoms with Crippen molar-refractivity contribution in [2.75, 3.05) is 13.2 Å². The molecular formula is C18H22N2O4. The second-order valence-electron chi connectivity index (χ2n) is 5.40. The van der Waals surface area contributed by atoms with Gasteiger partial charge < -0.3 is 19.7 Å². The summed E-state index contributed by atoms with van der Waals surface area (Å²) in [5.74, 6) is 0.587. The van der Waals surface area contributed by atoms with Crippen molar-refractivity contribution in [3.63, 3.8) is 0 Å². The smallest absolute Gasteiger partial charge is 0.250 e. The molecule has 2 rings (SSSR count). The molecule has 6 nitrogen and oxygen atoms in total. The molecule has 128 valence electrons. The van der Waals surface area contributed by atoms with Gasteiger partial charge in [-0.2, -0.15) is 0 Å². The summed E-state index contributed by atoms with van der Waals surface area (Å²) >= 11 is 0. The average molecular weight is 330 g/mol. The summed E-state index contributed by atoms with van der Waals surface area (Å²) in [5.41, 5.74) is 0.682. The molecule has 1 aromatic heterocycles. The zero-order valence-corrected chi connectivity index (χ0v) is 13.6. The Hall–Kier alpha value is -2.60. The first kappa shape index (κ1) is 17.7. The average Bonchev–Trinajstić information content (AvgIpc) is 2.57. The quantitative estimate of drug-likeness (QED) is 0.756. The molecule has 0 fully saturated rings. The number of ether oxygens (including phenoxy) is 1. The molecule has 0 radical (unpaired) electrons. The second kappa shape index (κ2) is 8.88. The highest BCUT2D eigenvalue weighted by atomic mass is 16.5. The number of nitrogens with one attached hydrogen (secondary N) is 1. The molecule has 0 saturated heterocycles. The first-order valence-electron chi connectivity index (χ1n) is 7.90. The minimum Gasteiger partial charge on any atom is -0.494 e. The van der Waals surface area contributed by atoms with E-state index in [-0.39, 0.29) is 31.0 Å². The number of rotatable bonds is 8. The molecule has 2 aromatic rings. The number of pyridine rings is 1. The Morgan fingerprint density at radius 1 is 1.25 bits per heavy atom. The van der Waals surface area contributed by atoms with Gasteiger partial charge in [-0.3, -0.25) is 9.59 Å². The number of carbonyl (C=O) groups is 1. The monoisotopic (exact) mass is 330 g/mol. The van der Waals surface area contributed by atoms with Crippen LogP contribution in [0.1, 0.15) is 12.5 Å². The van der Waals surface area contributed by atoms with Crippen molar-refractivity contribution in [1.82, 2.24) is 9.88 Å². The normalized spacial score (nSPS) is 11.8. The number of nitrogens with zero attached hydrogens (tertiary/aromatic N) is 1. The van der Waals surface area contributed by atoms with E-state index in [1.165, 1.54) is 10.6 Å². The molecule has 2 N–H and O–H groups in total. The Bertz CT molecular complexity index is 709. The largest absolute Gasteiger partial charge is 0.494 e. The van der Waals surface area contributed by atoms with Crippen molar-refractivity contribution >= 4 is 5.91 Å². The molecule has 0 spiro atoms. The zero-order chi connectivity index (χ0) is 17.4. The Morgan fingerprint density at radius 2 is 2.00 bits per heavy atom. The Balaban J connectivity index is 1.78. The van der Waals surface area contributed by atoms with Gasteiger partial charge in [0, 0.05) is 18.8 Å². The van der Waals surface area contributed by atoms with Crippen LogP contribution in [0.15, 0.2) is 53.5 Å². The lowest BCUT2D eigenvalue weighted by molar-refractivity contribution is -0.120. The van der Waals surface area contributed by atoms with E-state index >= 15 is 0 Å². The maximum atomic E-state index is 11.9. The summed E-state index contributed by atoms with van der Waals surface area (Å²) in [5, 5.41) is 12.6. The SMILES string of the molecule is CCOc1ccc(CC(=O)NCC(O)Cn2ccccc2=O)cc1. The summed E-state index contributed by atoms with van der Waals surface area (Å²) in [4.78, 5) is 23.5. The molecule has 1 unspecified atom stereocenters. The summed E-state index contributed by atoms with van der Waals surface area (Å²) in [6, 6.07) is 12.1. The lowest BCUT2D eigenvalue weighted by Gasteiger charge is -2.13. The number of aliphatic hydroxyl groups excluding tert-OH is 1. The molecule has 0 aliphatic heterocycles. The first-order valence-corrected chi connectivity index (χ1v) is 7.90. The highest BCUT2D eigenvalue weighted by Crippen LogP contribution is 2.12. The van der Waals surface area contributed by atoms with E-state index in [0.29, 0.717) is 6.61 Å². The van der Waals surface area contributed by atoms with Crippen LogP contribution in [-0.2, 0) is 17.8 Å². The third kappa shape index (κ3) is 5.55. The summed E-state index contributed by atoms with van der Waals surface area (Å²) in [7, 11) is 0. The predicted octanol–water partition coefficient (Wildman–Crippen LogP) is 0.967. The van der Waals surface area contributed by atoms with E-state index in [9.17, 15) is 14.7 Å². The van der Waals surface area contributed by atoms with Gasteiger partial charge in [-0.05, 0) is 30.7 Å². The number of hydrogen-bond acceptors (Lipinski definition) is 4. The van der Waals surface area contributed by atoms with E-state index in [4.69, 9.17) is 4.74 Å². The fourth-order valence-electron chi connectivity index (χ4n) is 2.25. The van der Waals surface area contributed by atoms with E-state index in [2.05, 4.69) is 5.32 Å². The number of aromatic nitrogens is 1. The maximum Gasteiger partial charge on any atom is 0.250 e. The van der Waals surface area contributed by atoms with Crippen molar-refractivity contribution in [2.24, 2.45) is 0 Å². The summed E-state index contributed by atoms with van der Waals surface area (Å²) < 4.78 is 6.76. The molecule has 0 aliphatic carbocycles. The molecule has 1 heterocycles. The second-order valence-corrected chi connectivity index (χ2v) is 5.40. The van der Waals surface area contributed by atoms with Crippen LogP contribution in [0.5, 0.6) is 5.75 Å². The number of carbonyl (C=O) groups excluding carboxylic acids is 1. The minimum absolute atomic E-state index is 0.0944. The maximum absolute atomic E-state index is 11.9. The van der Waals surface area contributed by atoms with Gasteiger partial charge in [0.1, 0.15) is 5.75 Å². The van der Waals surface area contributed by atoms with E-state index in [1.807, 2.05) is 31.2 Å². The highest BCUT2D eigenvalue weighted by molar-refractivity contribution is 5.78. The van der Waals surface area contributed by atoms with Crippen molar-refractivity contribution in [3.8, 4) is 5.75 Å². The molecule has 24 heavy (non-hydrogen) atoms. The van der Waals surface area contributed by atoms with Crippen LogP contribution in [0, 0.1) is 0 Å². The standard InChI is InChI=1S/C18H22N2O4/c1-2-24-16-8-6-14(7-9-16)11-17(22)19-12-15(21)13-20-10-4-3-5-18(20)23/h3-10,15,21H,2,11-13H2,1H3,(H,19,22). The third-order valence-electron chi connectivity index (χ3n) is 3.44. The van der Waals surface area contributed by atoms with Crippen LogP contribution < -0.4 is 15.6 Å². The Kier molecular flexibility index (Phi) is 6.57. The van der Waals surface area contributed by atoms with Crippen molar-refractivity contribution in [2.45, 2.75) is 26.0 Å². The topological polar surface area (TPSA) is 80.6 Å². The van der Waals surface area contributed by atoms with Crippen LogP contribution in [-0.4, -0.2) is 34.8 Å². The van der Waals surface area contributed by atoms with Crippen LogP contribution in [0.3, 0.4) is 0 Å². The molecule has 0 saturated carbocycles. The molecule has 0 aliphatic rings. The van der Waals surface area contributed by atoms with E-state index in [1.54, 1.807) is 18.3 Å². The van der Waals surface area contributed by atoms with E-state index < -0.39 is 6.10 Å². The van der Waals surface area contributed by atoms with Crippen LogP contribution in [0.2, 0.25) is 0 Å². The number of benzene rings is 1. The number of hydrogen-bond donors (Lipinski definition) is 2. The Morgan fingerprint density at radius 3 is 2.67 bits per heavy atom. The molecule has 6 heteroatoms. The highest BCUT2D eigenvalue weighted by Gasteiger charge is 2.09. The molecular weight excluding hydrogens is 308 g/mol. The van der Waals surface area contributed by atoms with E-state index in [0.717, 1.165) is 11.3 Å². The fourth-order valence-corrected chi connectivity index (χ4v) is 2.25. The predicted molar refractivity (Wildman–Crippen MR) is 91.0 cm³/mol. The third-order valence-corrected chi connectivity index (χ3v) is 3.44. The van der Waals surface area contributed by atoms with Crippen molar-refractivity contribution in [3.05, 3.63) is 64.6 Å². The molecule has 1 amide bonds. The van der Waals surface area contributed by atoms with Crippen LogP contribution in [0.4, 0.5) is 0 Å². The zero-order valence-electron chi connectivity index (χ0n) is 13.6. The van der Waals surface area contributed by atoms with Gasteiger partial charge in [-0.15, -0.1) is 0 Å². The molecule has 1 aromatic carbocycles. The number of amides is 1. The van der Waals surface area contributed by atoms with Crippen molar-refractivity contribution < 1.29 is 14.6 Å². The summed E-state index contributed by atoms with van der Waals surface area (Å²) in [6.07, 6.45) is 1.01. The fraction of sp³-hybridized carbons (Fsp3) is 0.333. The van der Waals surface area contributed by atoms with Gasteiger partial charge in [-0.1, -0.05) is 18.2 Å². The van der Waals surface area contributed by atoms with Gasteiger partial charge in [-0.25, -0.2) is 0 Å². The van der Waals surface area contributed by atoms with Gasteiger partial charge in [0.05, 0.1) is 25.7 Å². The lowest BCUT2D eigenvalue weighted by Crippen LogP contribution is -2.37. The molecule has 1 atom stereocenters. The number of aliphatic hydroxyl groups is 1. The van der Waals surface area contributed by atoms with Crippen LogP contribution >= 0.6 is 0 Å². The van der Waals surface area contributed by atoms with Crippen molar-refractivity contribution in [1.29, 1.82) is 0 Å².